The Kier molecular flexibility index (Phi) is 2.99. The third-order valence-electron chi connectivity index (χ3n) is 4.08. The van der Waals surface area contributed by atoms with Gasteiger partial charge < -0.3 is 14.9 Å². The number of ether oxygens (including phenoxy) is 1. The lowest BCUT2D eigenvalue weighted by Crippen LogP contribution is -2.33. The molecule has 2 aromatic rings. The summed E-state index contributed by atoms with van der Waals surface area (Å²) in [6.07, 6.45) is 4.24. The van der Waals surface area contributed by atoms with Gasteiger partial charge in [0.05, 0.1) is 12.1 Å². The van der Waals surface area contributed by atoms with Gasteiger partial charge in [-0.1, -0.05) is 24.4 Å². The van der Waals surface area contributed by atoms with Gasteiger partial charge in [-0.15, -0.1) is 0 Å². The molecular weight excluding hydrogens is 262 g/mol. The first-order valence-electron chi connectivity index (χ1n) is 6.61. The van der Waals surface area contributed by atoms with Crippen molar-refractivity contribution in [1.82, 2.24) is 0 Å². The van der Waals surface area contributed by atoms with Gasteiger partial charge >= 0.3 is 0 Å². The number of fused-ring (bicyclic) bond motifs is 1. The molecule has 0 radical (unpaired) electrons. The van der Waals surface area contributed by atoms with Crippen molar-refractivity contribution >= 4 is 22.6 Å². The fraction of sp³-hybridized carbons (Fsp3) is 0.467. The number of methoxy groups -OCH3 is 1. The first kappa shape index (κ1) is 12.8. The maximum Gasteiger partial charge on any atom is 0.177 e. The molecule has 0 amide bonds. The molecule has 1 aliphatic rings. The van der Waals surface area contributed by atoms with Crippen LogP contribution >= 0.6 is 11.6 Å². The SMILES string of the molecule is COc1cc(C2(N)CCCC2)c(Cl)c2cc(C)oc12. The second-order valence-electron chi connectivity index (χ2n) is 5.40. The van der Waals surface area contributed by atoms with Gasteiger partial charge in [0.25, 0.3) is 0 Å². The average molecular weight is 280 g/mol. The number of rotatable bonds is 2. The normalized spacial score (nSPS) is 18.1. The molecule has 102 valence electrons. The molecule has 0 aliphatic heterocycles. The van der Waals surface area contributed by atoms with Crippen molar-refractivity contribution in [2.75, 3.05) is 7.11 Å². The molecule has 1 fully saturated rings. The Labute approximate surface area is 117 Å². The molecule has 3 nitrogen and oxygen atoms in total. The number of halogens is 1. The van der Waals surface area contributed by atoms with Crippen molar-refractivity contribution in [2.45, 2.75) is 38.1 Å². The maximum atomic E-state index is 6.56. The Hall–Kier alpha value is -1.19. The zero-order chi connectivity index (χ0) is 13.6. The van der Waals surface area contributed by atoms with E-state index in [0.717, 1.165) is 42.4 Å². The molecule has 4 heteroatoms. The number of furan rings is 1. The van der Waals surface area contributed by atoms with Gasteiger partial charge in [0, 0.05) is 10.9 Å². The van der Waals surface area contributed by atoms with Crippen LogP contribution in [-0.2, 0) is 5.54 Å². The third kappa shape index (κ3) is 1.92. The molecule has 19 heavy (non-hydrogen) atoms. The van der Waals surface area contributed by atoms with Gasteiger partial charge in [-0.05, 0) is 37.5 Å². The fourth-order valence-corrected chi connectivity index (χ4v) is 3.44. The summed E-state index contributed by atoms with van der Waals surface area (Å²) < 4.78 is 11.1. The molecule has 1 heterocycles. The maximum absolute atomic E-state index is 6.56. The summed E-state index contributed by atoms with van der Waals surface area (Å²) in [7, 11) is 1.64. The van der Waals surface area contributed by atoms with Crippen molar-refractivity contribution < 1.29 is 9.15 Å². The van der Waals surface area contributed by atoms with E-state index in [1.807, 2.05) is 19.1 Å². The Morgan fingerprint density at radius 1 is 1.32 bits per heavy atom. The van der Waals surface area contributed by atoms with E-state index < -0.39 is 0 Å². The van der Waals surface area contributed by atoms with Crippen molar-refractivity contribution in [1.29, 1.82) is 0 Å². The summed E-state index contributed by atoms with van der Waals surface area (Å²) >= 11 is 6.56. The van der Waals surface area contributed by atoms with Crippen LogP contribution in [0.5, 0.6) is 5.75 Å². The molecule has 0 unspecified atom stereocenters. The van der Waals surface area contributed by atoms with E-state index in [1.165, 1.54) is 0 Å². The summed E-state index contributed by atoms with van der Waals surface area (Å²) in [4.78, 5) is 0. The monoisotopic (exact) mass is 279 g/mol. The van der Waals surface area contributed by atoms with E-state index in [2.05, 4.69) is 0 Å². The Balaban J connectivity index is 2.28. The molecule has 2 N–H and O–H groups in total. The first-order chi connectivity index (χ1) is 9.05. The zero-order valence-corrected chi connectivity index (χ0v) is 12.0. The van der Waals surface area contributed by atoms with Gasteiger partial charge in [0.2, 0.25) is 0 Å². The molecule has 1 saturated carbocycles. The van der Waals surface area contributed by atoms with Crippen molar-refractivity contribution in [2.24, 2.45) is 5.73 Å². The molecule has 0 saturated heterocycles. The molecule has 0 bridgehead atoms. The van der Waals surface area contributed by atoms with Crippen molar-refractivity contribution in [3.8, 4) is 5.75 Å². The quantitative estimate of drug-likeness (QED) is 0.899. The molecule has 1 aromatic heterocycles. The summed E-state index contributed by atoms with van der Waals surface area (Å²) in [6.45, 7) is 1.91. The van der Waals surface area contributed by atoms with E-state index in [1.54, 1.807) is 7.11 Å². The highest BCUT2D eigenvalue weighted by Gasteiger charge is 2.34. The number of benzene rings is 1. The number of hydrogen-bond donors (Lipinski definition) is 1. The second-order valence-corrected chi connectivity index (χ2v) is 5.78. The van der Waals surface area contributed by atoms with Crippen LogP contribution in [0, 0.1) is 6.92 Å². The predicted octanol–water partition coefficient (Wildman–Crippen LogP) is 4.13. The lowest BCUT2D eigenvalue weighted by molar-refractivity contribution is 0.403. The standard InChI is InChI=1S/C15H18ClNO2/c1-9-7-10-13(16)11(15(17)5-3-4-6-15)8-12(18-2)14(10)19-9/h7-8H,3-6,17H2,1-2H3. The summed E-state index contributed by atoms with van der Waals surface area (Å²) in [5, 5.41) is 1.60. The minimum Gasteiger partial charge on any atom is -0.493 e. The molecule has 3 rings (SSSR count). The molecule has 1 aromatic carbocycles. The Morgan fingerprint density at radius 2 is 2.00 bits per heavy atom. The summed E-state index contributed by atoms with van der Waals surface area (Å²) in [6, 6.07) is 3.89. The highest BCUT2D eigenvalue weighted by molar-refractivity contribution is 6.36. The van der Waals surface area contributed by atoms with E-state index in [-0.39, 0.29) is 5.54 Å². The molecular formula is C15H18ClNO2. The van der Waals surface area contributed by atoms with Gasteiger partial charge in [0.15, 0.2) is 11.3 Å². The van der Waals surface area contributed by atoms with Gasteiger partial charge in [0.1, 0.15) is 5.76 Å². The van der Waals surface area contributed by atoms with E-state index in [9.17, 15) is 0 Å². The molecule has 0 atom stereocenters. The number of aryl methyl sites for hydroxylation is 1. The number of hydrogen-bond acceptors (Lipinski definition) is 3. The topological polar surface area (TPSA) is 48.4 Å². The van der Waals surface area contributed by atoms with Crippen molar-refractivity contribution in [3.63, 3.8) is 0 Å². The minimum absolute atomic E-state index is 0.330. The van der Waals surface area contributed by atoms with Crippen LogP contribution < -0.4 is 10.5 Å². The van der Waals surface area contributed by atoms with E-state index in [4.69, 9.17) is 26.5 Å². The Bertz CT molecular complexity index is 627. The van der Waals surface area contributed by atoms with Crippen LogP contribution in [-0.4, -0.2) is 7.11 Å². The van der Waals surface area contributed by atoms with Crippen LogP contribution in [0.3, 0.4) is 0 Å². The van der Waals surface area contributed by atoms with Crippen LogP contribution in [0.15, 0.2) is 16.5 Å². The third-order valence-corrected chi connectivity index (χ3v) is 4.49. The molecule has 1 aliphatic carbocycles. The first-order valence-corrected chi connectivity index (χ1v) is 6.99. The van der Waals surface area contributed by atoms with Crippen molar-refractivity contribution in [3.05, 3.63) is 28.5 Å². The lowest BCUT2D eigenvalue weighted by Gasteiger charge is -2.26. The summed E-state index contributed by atoms with van der Waals surface area (Å²) in [5.41, 5.74) is 7.89. The molecule has 0 spiro atoms. The lowest BCUT2D eigenvalue weighted by atomic mass is 9.88. The highest BCUT2D eigenvalue weighted by Crippen LogP contribution is 2.45. The van der Waals surface area contributed by atoms with Gasteiger partial charge in [-0.3, -0.25) is 0 Å². The van der Waals surface area contributed by atoms with Crippen LogP contribution in [0.25, 0.3) is 11.0 Å². The smallest absolute Gasteiger partial charge is 0.177 e. The van der Waals surface area contributed by atoms with Crippen LogP contribution in [0.2, 0.25) is 5.02 Å². The Morgan fingerprint density at radius 3 is 2.63 bits per heavy atom. The second kappa shape index (κ2) is 4.43. The highest BCUT2D eigenvalue weighted by atomic mass is 35.5. The van der Waals surface area contributed by atoms with E-state index >= 15 is 0 Å². The fourth-order valence-electron chi connectivity index (χ4n) is 3.05. The predicted molar refractivity (Wildman–Crippen MR) is 76.8 cm³/mol. The van der Waals surface area contributed by atoms with Gasteiger partial charge in [-0.2, -0.15) is 0 Å². The average Bonchev–Trinajstić information content (AvgIpc) is 2.97. The zero-order valence-electron chi connectivity index (χ0n) is 11.3. The number of nitrogens with two attached hydrogens (primary N) is 1. The van der Waals surface area contributed by atoms with Crippen LogP contribution in [0.4, 0.5) is 0 Å². The largest absolute Gasteiger partial charge is 0.493 e. The summed E-state index contributed by atoms with van der Waals surface area (Å²) in [5.74, 6) is 1.53. The van der Waals surface area contributed by atoms with E-state index in [0.29, 0.717) is 16.4 Å². The van der Waals surface area contributed by atoms with Crippen LogP contribution in [0.1, 0.15) is 37.0 Å². The minimum atomic E-state index is -0.330. The van der Waals surface area contributed by atoms with Gasteiger partial charge in [-0.25, -0.2) is 0 Å².